The Balaban J connectivity index is 1.80. The molecule has 0 aromatic heterocycles. The number of rotatable bonds is 6. The molecule has 0 saturated carbocycles. The highest BCUT2D eigenvalue weighted by Crippen LogP contribution is 2.25. The quantitative estimate of drug-likeness (QED) is 0.769. The van der Waals surface area contributed by atoms with E-state index in [2.05, 4.69) is 5.32 Å². The number of fused-ring (bicyclic) bond motifs is 1. The summed E-state index contributed by atoms with van der Waals surface area (Å²) in [7, 11) is 0. The van der Waals surface area contributed by atoms with Crippen molar-refractivity contribution in [2.75, 3.05) is 19.8 Å². The number of carbonyl (C=O) groups is 1. The molecule has 2 rings (SSSR count). The van der Waals surface area contributed by atoms with Crippen LogP contribution in [0.5, 0.6) is 5.75 Å². The molecule has 0 saturated heterocycles. The number of nitrogens with one attached hydrogen (secondary N) is 1. The highest BCUT2D eigenvalue weighted by Gasteiger charge is 2.14. The van der Waals surface area contributed by atoms with Gasteiger partial charge in [-0.2, -0.15) is 0 Å². The molecular formula is C15H21NO3. The lowest BCUT2D eigenvalue weighted by Gasteiger charge is -2.09. The van der Waals surface area contributed by atoms with E-state index in [0.29, 0.717) is 24.6 Å². The largest absolute Gasteiger partial charge is 0.493 e. The van der Waals surface area contributed by atoms with Crippen LogP contribution in [0, 0.1) is 5.92 Å². The summed E-state index contributed by atoms with van der Waals surface area (Å²) in [6.07, 6.45) is 2.70. The van der Waals surface area contributed by atoms with Crippen LogP contribution in [0.4, 0.5) is 0 Å². The maximum atomic E-state index is 12.0. The van der Waals surface area contributed by atoms with Crippen LogP contribution in [0.3, 0.4) is 0 Å². The van der Waals surface area contributed by atoms with E-state index in [1.54, 1.807) is 6.07 Å². The fourth-order valence-corrected chi connectivity index (χ4v) is 2.17. The van der Waals surface area contributed by atoms with Crippen molar-refractivity contribution in [3.05, 3.63) is 29.3 Å². The van der Waals surface area contributed by atoms with Gasteiger partial charge in [0.25, 0.3) is 5.91 Å². The predicted octanol–water partition coefficient (Wildman–Crippen LogP) is 1.76. The van der Waals surface area contributed by atoms with Crippen molar-refractivity contribution in [3.63, 3.8) is 0 Å². The third-order valence-electron chi connectivity index (χ3n) is 3.42. The second-order valence-corrected chi connectivity index (χ2v) is 5.11. The van der Waals surface area contributed by atoms with Crippen LogP contribution >= 0.6 is 0 Å². The fourth-order valence-electron chi connectivity index (χ4n) is 2.17. The Morgan fingerprint density at radius 1 is 1.53 bits per heavy atom. The van der Waals surface area contributed by atoms with Gasteiger partial charge in [-0.15, -0.1) is 0 Å². The van der Waals surface area contributed by atoms with Gasteiger partial charge in [-0.1, -0.05) is 6.92 Å². The van der Waals surface area contributed by atoms with E-state index in [1.165, 1.54) is 0 Å². The van der Waals surface area contributed by atoms with Crippen molar-refractivity contribution in [3.8, 4) is 5.75 Å². The van der Waals surface area contributed by atoms with Crippen LogP contribution in [-0.4, -0.2) is 30.8 Å². The van der Waals surface area contributed by atoms with E-state index < -0.39 is 0 Å². The highest BCUT2D eigenvalue weighted by atomic mass is 16.5. The van der Waals surface area contributed by atoms with Crippen LogP contribution in [-0.2, 0) is 6.42 Å². The van der Waals surface area contributed by atoms with Crippen LogP contribution in [0.25, 0.3) is 0 Å². The molecule has 19 heavy (non-hydrogen) atoms. The van der Waals surface area contributed by atoms with Gasteiger partial charge in [0.15, 0.2) is 0 Å². The molecule has 0 radical (unpaired) electrons. The second kappa shape index (κ2) is 6.57. The lowest BCUT2D eigenvalue weighted by atomic mass is 10.1. The van der Waals surface area contributed by atoms with Gasteiger partial charge in [-0.05, 0) is 42.5 Å². The molecule has 1 atom stereocenters. The van der Waals surface area contributed by atoms with E-state index in [4.69, 9.17) is 9.84 Å². The summed E-state index contributed by atoms with van der Waals surface area (Å²) < 4.78 is 5.42. The Hall–Kier alpha value is -1.55. The van der Waals surface area contributed by atoms with Crippen molar-refractivity contribution < 1.29 is 14.6 Å². The summed E-state index contributed by atoms with van der Waals surface area (Å²) in [6.45, 7) is 3.57. The molecule has 1 amide bonds. The molecule has 0 bridgehead atoms. The first-order chi connectivity index (χ1) is 9.20. The molecule has 0 fully saturated rings. The van der Waals surface area contributed by atoms with Crippen molar-refractivity contribution in [2.45, 2.75) is 26.2 Å². The zero-order valence-corrected chi connectivity index (χ0v) is 11.3. The van der Waals surface area contributed by atoms with E-state index >= 15 is 0 Å². The number of amides is 1. The Morgan fingerprint density at radius 3 is 3.16 bits per heavy atom. The normalized spacial score (nSPS) is 14.6. The Morgan fingerprint density at radius 2 is 2.37 bits per heavy atom. The zero-order chi connectivity index (χ0) is 13.7. The van der Waals surface area contributed by atoms with Crippen molar-refractivity contribution in [1.82, 2.24) is 5.32 Å². The number of ether oxygens (including phenoxy) is 1. The van der Waals surface area contributed by atoms with E-state index in [9.17, 15) is 4.79 Å². The van der Waals surface area contributed by atoms with Crippen LogP contribution in [0.2, 0.25) is 0 Å². The first-order valence-electron chi connectivity index (χ1n) is 6.85. The molecule has 1 aliphatic rings. The summed E-state index contributed by atoms with van der Waals surface area (Å²) in [5, 5.41) is 11.8. The van der Waals surface area contributed by atoms with Crippen molar-refractivity contribution in [1.29, 1.82) is 0 Å². The van der Waals surface area contributed by atoms with Gasteiger partial charge >= 0.3 is 0 Å². The van der Waals surface area contributed by atoms with Crippen molar-refractivity contribution >= 4 is 5.91 Å². The van der Waals surface area contributed by atoms with Gasteiger partial charge in [-0.25, -0.2) is 0 Å². The first kappa shape index (κ1) is 13.9. The standard InChI is InChI=1S/C15H21NO3/c1-11(10-17)3-2-7-16-15(18)13-4-5-14-12(9-13)6-8-19-14/h4-5,9,11,17H,2-3,6-8,10H2,1H3,(H,16,18). The summed E-state index contributed by atoms with van der Waals surface area (Å²) in [6, 6.07) is 5.58. The molecule has 4 heteroatoms. The fraction of sp³-hybridized carbons (Fsp3) is 0.533. The molecule has 1 aliphatic heterocycles. The first-order valence-corrected chi connectivity index (χ1v) is 6.85. The average Bonchev–Trinajstić information content (AvgIpc) is 2.90. The second-order valence-electron chi connectivity index (χ2n) is 5.11. The molecule has 1 unspecified atom stereocenters. The Kier molecular flexibility index (Phi) is 4.80. The molecule has 1 aromatic carbocycles. The minimum absolute atomic E-state index is 0.0358. The van der Waals surface area contributed by atoms with E-state index in [-0.39, 0.29) is 12.5 Å². The molecule has 104 valence electrons. The summed E-state index contributed by atoms with van der Waals surface area (Å²) in [4.78, 5) is 12.0. The minimum atomic E-state index is -0.0358. The Bertz CT molecular complexity index is 445. The smallest absolute Gasteiger partial charge is 0.251 e. The molecular weight excluding hydrogens is 242 g/mol. The molecule has 0 spiro atoms. The predicted molar refractivity (Wildman–Crippen MR) is 73.5 cm³/mol. The zero-order valence-electron chi connectivity index (χ0n) is 11.3. The number of aliphatic hydroxyl groups excluding tert-OH is 1. The van der Waals surface area contributed by atoms with Gasteiger partial charge in [0.2, 0.25) is 0 Å². The average molecular weight is 263 g/mol. The van der Waals surface area contributed by atoms with Gasteiger partial charge in [0, 0.05) is 25.1 Å². The van der Waals surface area contributed by atoms with Gasteiger partial charge in [0.1, 0.15) is 5.75 Å². The van der Waals surface area contributed by atoms with E-state index in [1.807, 2.05) is 19.1 Å². The molecule has 1 heterocycles. The maximum Gasteiger partial charge on any atom is 0.251 e. The summed E-state index contributed by atoms with van der Waals surface area (Å²) in [5.74, 6) is 1.16. The third-order valence-corrected chi connectivity index (χ3v) is 3.42. The van der Waals surface area contributed by atoms with Crippen molar-refractivity contribution in [2.24, 2.45) is 5.92 Å². The van der Waals surface area contributed by atoms with Gasteiger partial charge in [0.05, 0.1) is 6.61 Å². The van der Waals surface area contributed by atoms with Gasteiger partial charge < -0.3 is 15.2 Å². The molecule has 2 N–H and O–H groups in total. The molecule has 4 nitrogen and oxygen atoms in total. The number of hydrogen-bond acceptors (Lipinski definition) is 3. The molecule has 0 aliphatic carbocycles. The van der Waals surface area contributed by atoms with Crippen LogP contribution < -0.4 is 10.1 Å². The summed E-state index contributed by atoms with van der Waals surface area (Å²) in [5.41, 5.74) is 1.81. The van der Waals surface area contributed by atoms with Gasteiger partial charge in [-0.3, -0.25) is 4.79 Å². The molecule has 1 aromatic rings. The minimum Gasteiger partial charge on any atom is -0.493 e. The maximum absolute atomic E-state index is 12.0. The summed E-state index contributed by atoms with van der Waals surface area (Å²) >= 11 is 0. The monoisotopic (exact) mass is 263 g/mol. The van der Waals surface area contributed by atoms with Crippen LogP contribution in [0.1, 0.15) is 35.7 Å². The topological polar surface area (TPSA) is 58.6 Å². The number of aliphatic hydroxyl groups is 1. The van der Waals surface area contributed by atoms with E-state index in [0.717, 1.165) is 30.6 Å². The lowest BCUT2D eigenvalue weighted by Crippen LogP contribution is -2.25. The number of hydrogen-bond donors (Lipinski definition) is 2. The van der Waals surface area contributed by atoms with Crippen LogP contribution in [0.15, 0.2) is 18.2 Å². The Labute approximate surface area is 113 Å². The third kappa shape index (κ3) is 3.70. The highest BCUT2D eigenvalue weighted by molar-refractivity contribution is 5.94. The number of benzene rings is 1. The SMILES string of the molecule is CC(CO)CCCNC(=O)c1ccc2c(c1)CCO2. The number of carbonyl (C=O) groups excluding carboxylic acids is 1. The lowest BCUT2D eigenvalue weighted by molar-refractivity contribution is 0.0952.